The number of rotatable bonds is 3. The van der Waals surface area contributed by atoms with Gasteiger partial charge in [0.05, 0.1) is 5.52 Å². The lowest BCUT2D eigenvalue weighted by molar-refractivity contribution is 0.0929. The molecule has 0 radical (unpaired) electrons. The SMILES string of the molecule is O=C(NC1CCCN(c2ccccn2)C1)c1n[nH]c2ccccc12. The number of benzene rings is 1. The lowest BCUT2D eigenvalue weighted by Crippen LogP contribution is -2.48. The highest BCUT2D eigenvalue weighted by molar-refractivity contribution is 6.04. The zero-order chi connectivity index (χ0) is 16.4. The molecule has 122 valence electrons. The maximum atomic E-state index is 12.6. The first kappa shape index (κ1) is 14.7. The van der Waals surface area contributed by atoms with E-state index < -0.39 is 0 Å². The molecule has 24 heavy (non-hydrogen) atoms. The van der Waals surface area contributed by atoms with E-state index in [0.29, 0.717) is 5.69 Å². The van der Waals surface area contributed by atoms with Gasteiger partial charge in [-0.2, -0.15) is 5.10 Å². The average molecular weight is 321 g/mol. The van der Waals surface area contributed by atoms with Crippen LogP contribution in [0, 0.1) is 0 Å². The molecule has 3 heterocycles. The minimum atomic E-state index is -0.125. The Morgan fingerprint density at radius 3 is 2.96 bits per heavy atom. The zero-order valence-electron chi connectivity index (χ0n) is 13.3. The Bertz CT molecular complexity index is 845. The Morgan fingerprint density at radius 2 is 2.08 bits per heavy atom. The molecule has 1 aliphatic rings. The van der Waals surface area contributed by atoms with Crippen LogP contribution < -0.4 is 10.2 Å². The quantitative estimate of drug-likeness (QED) is 0.776. The summed E-state index contributed by atoms with van der Waals surface area (Å²) in [7, 11) is 0. The lowest BCUT2D eigenvalue weighted by atomic mass is 10.1. The van der Waals surface area contributed by atoms with Gasteiger partial charge in [-0.3, -0.25) is 9.89 Å². The van der Waals surface area contributed by atoms with E-state index in [0.717, 1.165) is 42.7 Å². The molecular weight excluding hydrogens is 302 g/mol. The highest BCUT2D eigenvalue weighted by Crippen LogP contribution is 2.19. The van der Waals surface area contributed by atoms with Gasteiger partial charge in [-0.1, -0.05) is 24.3 Å². The summed E-state index contributed by atoms with van der Waals surface area (Å²) in [5, 5.41) is 11.1. The van der Waals surface area contributed by atoms with Crippen LogP contribution >= 0.6 is 0 Å². The zero-order valence-corrected chi connectivity index (χ0v) is 13.3. The van der Waals surface area contributed by atoms with Gasteiger partial charge in [-0.05, 0) is 31.0 Å². The molecule has 0 spiro atoms. The molecule has 1 fully saturated rings. The van der Waals surface area contributed by atoms with Gasteiger partial charge in [0.1, 0.15) is 5.82 Å². The summed E-state index contributed by atoms with van der Waals surface area (Å²) in [6, 6.07) is 13.7. The van der Waals surface area contributed by atoms with Crippen LogP contribution in [0.15, 0.2) is 48.7 Å². The van der Waals surface area contributed by atoms with Crippen molar-refractivity contribution >= 4 is 22.6 Å². The first-order valence-corrected chi connectivity index (χ1v) is 8.21. The van der Waals surface area contributed by atoms with Gasteiger partial charge in [0.15, 0.2) is 5.69 Å². The van der Waals surface area contributed by atoms with Gasteiger partial charge >= 0.3 is 0 Å². The Balaban J connectivity index is 1.47. The van der Waals surface area contributed by atoms with Crippen LogP contribution in [0.3, 0.4) is 0 Å². The van der Waals surface area contributed by atoms with Crippen molar-refractivity contribution in [1.29, 1.82) is 0 Å². The number of piperidine rings is 1. The molecule has 1 atom stereocenters. The van der Waals surface area contributed by atoms with Crippen molar-refractivity contribution < 1.29 is 4.79 Å². The van der Waals surface area contributed by atoms with Crippen LogP contribution in [0.2, 0.25) is 0 Å². The molecular formula is C18H19N5O. The second kappa shape index (κ2) is 6.31. The number of nitrogens with one attached hydrogen (secondary N) is 2. The van der Waals surface area contributed by atoms with Gasteiger partial charge in [0.2, 0.25) is 0 Å². The summed E-state index contributed by atoms with van der Waals surface area (Å²) >= 11 is 0. The van der Waals surface area contributed by atoms with Crippen molar-refractivity contribution in [2.45, 2.75) is 18.9 Å². The van der Waals surface area contributed by atoms with Crippen LogP contribution in [0.1, 0.15) is 23.3 Å². The fourth-order valence-corrected chi connectivity index (χ4v) is 3.23. The van der Waals surface area contributed by atoms with Crippen LogP contribution in [-0.2, 0) is 0 Å². The number of anilines is 1. The third kappa shape index (κ3) is 2.82. The van der Waals surface area contributed by atoms with Crippen molar-refractivity contribution in [3.05, 3.63) is 54.4 Å². The van der Waals surface area contributed by atoms with E-state index in [1.165, 1.54) is 0 Å². The molecule has 1 aromatic carbocycles. The van der Waals surface area contributed by atoms with Crippen molar-refractivity contribution in [2.24, 2.45) is 0 Å². The molecule has 1 amide bonds. The van der Waals surface area contributed by atoms with Gasteiger partial charge in [-0.25, -0.2) is 4.98 Å². The molecule has 3 aromatic rings. The maximum absolute atomic E-state index is 12.6. The number of para-hydroxylation sites is 1. The van der Waals surface area contributed by atoms with Gasteiger partial charge in [0, 0.05) is 30.7 Å². The molecule has 6 nitrogen and oxygen atoms in total. The molecule has 0 aliphatic carbocycles. The summed E-state index contributed by atoms with van der Waals surface area (Å²) in [6.07, 6.45) is 3.80. The second-order valence-electron chi connectivity index (χ2n) is 6.06. The van der Waals surface area contributed by atoms with E-state index in [1.807, 2.05) is 42.5 Å². The van der Waals surface area contributed by atoms with Gasteiger partial charge < -0.3 is 10.2 Å². The third-order valence-corrected chi connectivity index (χ3v) is 4.42. The molecule has 0 bridgehead atoms. The molecule has 6 heteroatoms. The summed E-state index contributed by atoms with van der Waals surface area (Å²) in [4.78, 5) is 19.2. The smallest absolute Gasteiger partial charge is 0.272 e. The number of amides is 1. The normalized spacial score (nSPS) is 17.8. The predicted molar refractivity (Wildman–Crippen MR) is 93.0 cm³/mol. The van der Waals surface area contributed by atoms with Crippen molar-refractivity contribution in [3.63, 3.8) is 0 Å². The maximum Gasteiger partial charge on any atom is 0.272 e. The Morgan fingerprint density at radius 1 is 1.21 bits per heavy atom. The number of fused-ring (bicyclic) bond motifs is 1. The van der Waals surface area contributed by atoms with Crippen LogP contribution in [0.25, 0.3) is 10.9 Å². The Hall–Kier alpha value is -2.89. The van der Waals surface area contributed by atoms with Crippen LogP contribution in [-0.4, -0.2) is 40.2 Å². The summed E-state index contributed by atoms with van der Waals surface area (Å²) in [5.41, 5.74) is 1.34. The fraction of sp³-hybridized carbons (Fsp3) is 0.278. The number of hydrogen-bond donors (Lipinski definition) is 2. The number of aromatic amines is 1. The first-order chi connectivity index (χ1) is 11.8. The van der Waals surface area contributed by atoms with Crippen molar-refractivity contribution in [2.75, 3.05) is 18.0 Å². The Kier molecular flexibility index (Phi) is 3.86. The average Bonchev–Trinajstić information content (AvgIpc) is 3.07. The largest absolute Gasteiger partial charge is 0.355 e. The molecule has 0 saturated carbocycles. The van der Waals surface area contributed by atoms with E-state index in [1.54, 1.807) is 6.20 Å². The van der Waals surface area contributed by atoms with E-state index in [-0.39, 0.29) is 11.9 Å². The van der Waals surface area contributed by atoms with Gasteiger partial charge in [0.25, 0.3) is 5.91 Å². The van der Waals surface area contributed by atoms with Crippen LogP contribution in [0.5, 0.6) is 0 Å². The molecule has 2 aromatic heterocycles. The summed E-state index contributed by atoms with van der Waals surface area (Å²) < 4.78 is 0. The highest BCUT2D eigenvalue weighted by Gasteiger charge is 2.24. The summed E-state index contributed by atoms with van der Waals surface area (Å²) in [5.74, 6) is 0.835. The number of carbonyl (C=O) groups is 1. The Labute approximate surface area is 139 Å². The summed E-state index contributed by atoms with van der Waals surface area (Å²) in [6.45, 7) is 1.74. The minimum absolute atomic E-state index is 0.101. The number of carbonyl (C=O) groups excluding carboxylic acids is 1. The van der Waals surface area contributed by atoms with Gasteiger partial charge in [-0.15, -0.1) is 0 Å². The van der Waals surface area contributed by atoms with Crippen molar-refractivity contribution in [3.8, 4) is 0 Å². The number of hydrogen-bond acceptors (Lipinski definition) is 4. The monoisotopic (exact) mass is 321 g/mol. The predicted octanol–water partition coefficient (Wildman–Crippen LogP) is 2.36. The van der Waals surface area contributed by atoms with E-state index >= 15 is 0 Å². The molecule has 1 aliphatic heterocycles. The molecule has 1 unspecified atom stereocenters. The first-order valence-electron chi connectivity index (χ1n) is 8.21. The number of H-pyrrole nitrogens is 1. The standard InChI is InChI=1S/C18H19N5O/c24-18(17-14-7-1-2-8-15(14)21-22-17)20-13-6-5-11-23(12-13)16-9-3-4-10-19-16/h1-4,7-10,13H,5-6,11-12H2,(H,20,24)(H,21,22). The highest BCUT2D eigenvalue weighted by atomic mass is 16.2. The van der Waals surface area contributed by atoms with E-state index in [4.69, 9.17) is 0 Å². The lowest BCUT2D eigenvalue weighted by Gasteiger charge is -2.33. The van der Waals surface area contributed by atoms with E-state index in [9.17, 15) is 4.79 Å². The van der Waals surface area contributed by atoms with E-state index in [2.05, 4.69) is 25.4 Å². The fourth-order valence-electron chi connectivity index (χ4n) is 3.23. The third-order valence-electron chi connectivity index (χ3n) is 4.42. The van der Waals surface area contributed by atoms with Crippen molar-refractivity contribution in [1.82, 2.24) is 20.5 Å². The van der Waals surface area contributed by atoms with Crippen LogP contribution in [0.4, 0.5) is 5.82 Å². The second-order valence-corrected chi connectivity index (χ2v) is 6.06. The minimum Gasteiger partial charge on any atom is -0.355 e. The molecule has 1 saturated heterocycles. The number of aromatic nitrogens is 3. The number of pyridine rings is 1. The number of nitrogens with zero attached hydrogens (tertiary/aromatic N) is 3. The topological polar surface area (TPSA) is 73.9 Å². The molecule has 2 N–H and O–H groups in total. The molecule has 4 rings (SSSR count).